The molecule has 2 fully saturated rings. The van der Waals surface area contributed by atoms with Gasteiger partial charge in [0.15, 0.2) is 0 Å². The van der Waals surface area contributed by atoms with Crippen molar-refractivity contribution in [2.75, 3.05) is 11.9 Å². The van der Waals surface area contributed by atoms with Crippen molar-refractivity contribution in [2.24, 2.45) is 11.8 Å². The second kappa shape index (κ2) is 5.15. The zero-order valence-corrected chi connectivity index (χ0v) is 12.0. The summed E-state index contributed by atoms with van der Waals surface area (Å²) in [6.45, 7) is 0.998. The molecular formula is C18H20N2O. The summed E-state index contributed by atoms with van der Waals surface area (Å²) >= 11 is 0. The lowest BCUT2D eigenvalue weighted by atomic mass is 9.93. The van der Waals surface area contributed by atoms with E-state index in [4.69, 9.17) is 0 Å². The van der Waals surface area contributed by atoms with Gasteiger partial charge in [-0.3, -0.25) is 4.79 Å². The number of nitrogens with one attached hydrogen (secondary N) is 2. The van der Waals surface area contributed by atoms with Gasteiger partial charge in [0.1, 0.15) is 0 Å². The largest absolute Gasteiger partial charge is 0.324 e. The number of anilines is 1. The molecule has 1 saturated heterocycles. The Bertz CT molecular complexity index is 676. The molecule has 3 atom stereocenters. The van der Waals surface area contributed by atoms with Crippen LogP contribution in [-0.2, 0) is 4.79 Å². The average molecular weight is 280 g/mol. The molecule has 21 heavy (non-hydrogen) atoms. The van der Waals surface area contributed by atoms with Gasteiger partial charge in [-0.2, -0.15) is 0 Å². The number of carbonyl (C=O) groups is 1. The van der Waals surface area contributed by atoms with Gasteiger partial charge >= 0.3 is 0 Å². The Morgan fingerprint density at radius 1 is 1.10 bits per heavy atom. The van der Waals surface area contributed by atoms with Crippen LogP contribution in [0, 0.1) is 11.8 Å². The Kier molecular flexibility index (Phi) is 3.15. The summed E-state index contributed by atoms with van der Waals surface area (Å²) in [5.74, 6) is 1.36. The molecule has 1 aliphatic heterocycles. The smallest absolute Gasteiger partial charge is 0.241 e. The molecule has 0 bridgehead atoms. The highest BCUT2D eigenvalue weighted by Gasteiger charge is 2.42. The normalized spacial score (nSPS) is 27.7. The number of carbonyl (C=O) groups excluding carboxylic acids is 1. The van der Waals surface area contributed by atoms with E-state index in [1.807, 2.05) is 24.3 Å². The van der Waals surface area contributed by atoms with Crippen molar-refractivity contribution >= 4 is 22.4 Å². The molecule has 0 aromatic heterocycles. The van der Waals surface area contributed by atoms with Crippen LogP contribution in [0.2, 0.25) is 0 Å². The third-order valence-electron chi connectivity index (χ3n) is 5.08. The number of hydrogen-bond acceptors (Lipinski definition) is 2. The predicted octanol–water partition coefficient (Wildman–Crippen LogP) is 3.17. The standard InChI is InChI=1S/C18H20N2O/c21-18(17-15-9-3-7-13(15)11-19-17)20-16-10-4-6-12-5-1-2-8-14(12)16/h1-2,4-6,8,10,13,15,17,19H,3,7,9,11H2,(H,20,21). The van der Waals surface area contributed by atoms with E-state index in [9.17, 15) is 4.79 Å². The molecule has 0 spiro atoms. The number of hydrogen-bond donors (Lipinski definition) is 2. The molecule has 2 aromatic carbocycles. The molecule has 3 unspecified atom stereocenters. The first-order valence-electron chi connectivity index (χ1n) is 7.85. The van der Waals surface area contributed by atoms with Crippen molar-refractivity contribution < 1.29 is 4.79 Å². The van der Waals surface area contributed by atoms with Gasteiger partial charge in [0.2, 0.25) is 5.91 Å². The third kappa shape index (κ3) is 2.22. The van der Waals surface area contributed by atoms with Gasteiger partial charge in [0, 0.05) is 11.1 Å². The van der Waals surface area contributed by atoms with Gasteiger partial charge in [-0.1, -0.05) is 42.8 Å². The summed E-state index contributed by atoms with van der Waals surface area (Å²) < 4.78 is 0. The highest BCUT2D eigenvalue weighted by atomic mass is 16.2. The highest BCUT2D eigenvalue weighted by Crippen LogP contribution is 2.38. The van der Waals surface area contributed by atoms with Crippen LogP contribution < -0.4 is 10.6 Å². The second-order valence-corrected chi connectivity index (χ2v) is 6.26. The second-order valence-electron chi connectivity index (χ2n) is 6.26. The average Bonchev–Trinajstić information content (AvgIpc) is 3.10. The first-order valence-corrected chi connectivity index (χ1v) is 7.85. The van der Waals surface area contributed by atoms with Crippen molar-refractivity contribution in [3.63, 3.8) is 0 Å². The molecule has 2 N–H and O–H groups in total. The Morgan fingerprint density at radius 2 is 1.95 bits per heavy atom. The molecule has 1 heterocycles. The lowest BCUT2D eigenvalue weighted by Gasteiger charge is -2.18. The van der Waals surface area contributed by atoms with Crippen LogP contribution in [0.25, 0.3) is 10.8 Å². The molecule has 3 heteroatoms. The van der Waals surface area contributed by atoms with E-state index < -0.39 is 0 Å². The van der Waals surface area contributed by atoms with Crippen molar-refractivity contribution in [3.8, 4) is 0 Å². The van der Waals surface area contributed by atoms with Crippen LogP contribution in [0.4, 0.5) is 5.69 Å². The zero-order chi connectivity index (χ0) is 14.2. The summed E-state index contributed by atoms with van der Waals surface area (Å²) in [6.07, 6.45) is 3.73. The number of benzene rings is 2. The van der Waals surface area contributed by atoms with Crippen LogP contribution in [0.15, 0.2) is 42.5 Å². The number of fused-ring (bicyclic) bond motifs is 2. The van der Waals surface area contributed by atoms with Crippen molar-refractivity contribution in [1.29, 1.82) is 0 Å². The molecule has 1 aliphatic carbocycles. The summed E-state index contributed by atoms with van der Waals surface area (Å²) in [6, 6.07) is 14.2. The molecule has 2 aliphatic rings. The van der Waals surface area contributed by atoms with Crippen LogP contribution >= 0.6 is 0 Å². The monoisotopic (exact) mass is 280 g/mol. The molecule has 1 amide bonds. The van der Waals surface area contributed by atoms with E-state index >= 15 is 0 Å². The van der Waals surface area contributed by atoms with Crippen molar-refractivity contribution in [2.45, 2.75) is 25.3 Å². The maximum Gasteiger partial charge on any atom is 0.241 e. The van der Waals surface area contributed by atoms with Crippen molar-refractivity contribution in [1.82, 2.24) is 5.32 Å². The molecule has 4 rings (SSSR count). The minimum atomic E-state index is -0.0172. The molecule has 1 saturated carbocycles. The lowest BCUT2D eigenvalue weighted by molar-refractivity contribution is -0.118. The summed E-state index contributed by atoms with van der Waals surface area (Å²) in [5, 5.41) is 8.82. The minimum Gasteiger partial charge on any atom is -0.324 e. The van der Waals surface area contributed by atoms with Gasteiger partial charge in [0.25, 0.3) is 0 Å². The van der Waals surface area contributed by atoms with E-state index in [-0.39, 0.29) is 11.9 Å². The van der Waals surface area contributed by atoms with Crippen LogP contribution in [-0.4, -0.2) is 18.5 Å². The maximum absolute atomic E-state index is 12.6. The fourth-order valence-electron chi connectivity index (χ4n) is 4.02. The topological polar surface area (TPSA) is 41.1 Å². The first kappa shape index (κ1) is 12.8. The highest BCUT2D eigenvalue weighted by molar-refractivity contribution is 6.04. The summed E-state index contributed by atoms with van der Waals surface area (Å²) in [5.41, 5.74) is 0.918. The van der Waals surface area contributed by atoms with Gasteiger partial charge in [-0.15, -0.1) is 0 Å². The van der Waals surface area contributed by atoms with Gasteiger partial charge in [0.05, 0.1) is 6.04 Å². The zero-order valence-electron chi connectivity index (χ0n) is 12.0. The quantitative estimate of drug-likeness (QED) is 0.887. The van der Waals surface area contributed by atoms with E-state index in [0.29, 0.717) is 11.8 Å². The number of amides is 1. The van der Waals surface area contributed by atoms with Gasteiger partial charge < -0.3 is 10.6 Å². The minimum absolute atomic E-state index is 0.0172. The Hall–Kier alpha value is -1.87. The third-order valence-corrected chi connectivity index (χ3v) is 5.08. The predicted molar refractivity (Wildman–Crippen MR) is 85.2 cm³/mol. The summed E-state index contributed by atoms with van der Waals surface area (Å²) in [4.78, 5) is 12.6. The molecule has 2 aromatic rings. The number of rotatable bonds is 2. The Balaban J connectivity index is 1.58. The molecule has 3 nitrogen and oxygen atoms in total. The van der Waals surface area contributed by atoms with Gasteiger partial charge in [-0.25, -0.2) is 0 Å². The Morgan fingerprint density at radius 3 is 2.90 bits per heavy atom. The van der Waals surface area contributed by atoms with E-state index in [2.05, 4.69) is 28.8 Å². The molecule has 0 radical (unpaired) electrons. The van der Waals surface area contributed by atoms with Crippen LogP contribution in [0.3, 0.4) is 0 Å². The molecular weight excluding hydrogens is 260 g/mol. The van der Waals surface area contributed by atoms with Crippen LogP contribution in [0.1, 0.15) is 19.3 Å². The van der Waals surface area contributed by atoms with E-state index in [1.165, 1.54) is 19.3 Å². The van der Waals surface area contributed by atoms with E-state index in [0.717, 1.165) is 23.0 Å². The SMILES string of the molecule is O=C(Nc1cccc2ccccc12)C1NCC2CCCC21. The summed E-state index contributed by atoms with van der Waals surface area (Å²) in [7, 11) is 0. The lowest BCUT2D eigenvalue weighted by Crippen LogP contribution is -2.39. The van der Waals surface area contributed by atoms with Gasteiger partial charge in [-0.05, 0) is 42.7 Å². The maximum atomic E-state index is 12.6. The molecule has 108 valence electrons. The van der Waals surface area contributed by atoms with Crippen LogP contribution in [0.5, 0.6) is 0 Å². The Labute approximate surface area is 124 Å². The van der Waals surface area contributed by atoms with E-state index in [1.54, 1.807) is 0 Å². The van der Waals surface area contributed by atoms with Crippen molar-refractivity contribution in [3.05, 3.63) is 42.5 Å². The fraction of sp³-hybridized carbons (Fsp3) is 0.389. The first-order chi connectivity index (χ1) is 10.3. The fourth-order valence-corrected chi connectivity index (χ4v) is 4.02.